The summed E-state index contributed by atoms with van der Waals surface area (Å²) in [7, 11) is -3.40. The normalized spacial score (nSPS) is 20.2. The average Bonchev–Trinajstić information content (AvgIpc) is 2.70. The van der Waals surface area contributed by atoms with Gasteiger partial charge in [-0.3, -0.25) is 0 Å². The molecule has 0 aromatic heterocycles. The molecule has 100 valence electrons. The third-order valence-corrected chi connectivity index (χ3v) is 5.61. The molecule has 3 nitrogen and oxygen atoms in total. The molecule has 1 aromatic rings. The van der Waals surface area contributed by atoms with Gasteiger partial charge in [-0.1, -0.05) is 32.0 Å². The largest absolute Gasteiger partial charge is 0.243 e. The fourth-order valence-electron chi connectivity index (χ4n) is 2.27. The molecule has 1 fully saturated rings. The Hall–Kier alpha value is -0.580. The number of alkyl halides is 1. The maximum atomic E-state index is 12.6. The van der Waals surface area contributed by atoms with Crippen LogP contribution in [0.3, 0.4) is 0 Å². The molecule has 18 heavy (non-hydrogen) atoms. The number of sulfonamides is 1. The van der Waals surface area contributed by atoms with Gasteiger partial charge in [-0.05, 0) is 23.5 Å². The molecule has 0 saturated carbocycles. The minimum atomic E-state index is -3.40. The molecule has 0 amide bonds. The zero-order valence-electron chi connectivity index (χ0n) is 10.7. The topological polar surface area (TPSA) is 37.4 Å². The Morgan fingerprint density at radius 3 is 2.56 bits per heavy atom. The summed E-state index contributed by atoms with van der Waals surface area (Å²) in [6.07, 6.45) is 0.898. The number of rotatable bonds is 3. The van der Waals surface area contributed by atoms with Gasteiger partial charge >= 0.3 is 0 Å². The van der Waals surface area contributed by atoms with Crippen LogP contribution in [-0.2, 0) is 15.9 Å². The maximum absolute atomic E-state index is 12.6. The summed E-state index contributed by atoms with van der Waals surface area (Å²) in [5.41, 5.74) is 0.729. The van der Waals surface area contributed by atoms with E-state index in [2.05, 4.69) is 13.8 Å². The van der Waals surface area contributed by atoms with Gasteiger partial charge in [-0.15, -0.1) is 11.6 Å². The van der Waals surface area contributed by atoms with Gasteiger partial charge in [0.2, 0.25) is 10.0 Å². The van der Waals surface area contributed by atoms with E-state index < -0.39 is 10.0 Å². The Morgan fingerprint density at radius 2 is 2.00 bits per heavy atom. The lowest BCUT2D eigenvalue weighted by molar-refractivity contribution is 0.375. The molecular weight excluding hydrogens is 270 g/mol. The molecule has 0 atom stereocenters. The van der Waals surface area contributed by atoms with E-state index in [0.717, 1.165) is 6.42 Å². The smallest absolute Gasteiger partial charge is 0.207 e. The number of halogens is 1. The highest BCUT2D eigenvalue weighted by Gasteiger charge is 2.37. The van der Waals surface area contributed by atoms with E-state index in [1.807, 2.05) is 6.07 Å². The van der Waals surface area contributed by atoms with Gasteiger partial charge in [0, 0.05) is 19.0 Å². The van der Waals surface area contributed by atoms with Crippen LogP contribution in [0, 0.1) is 5.41 Å². The van der Waals surface area contributed by atoms with E-state index in [4.69, 9.17) is 11.6 Å². The highest BCUT2D eigenvalue weighted by molar-refractivity contribution is 7.89. The van der Waals surface area contributed by atoms with Crippen LogP contribution in [0.4, 0.5) is 0 Å². The second-order valence-electron chi connectivity index (χ2n) is 5.49. The number of benzene rings is 1. The van der Waals surface area contributed by atoms with Crippen molar-refractivity contribution in [2.24, 2.45) is 5.41 Å². The SMILES string of the molecule is CC1(C)CCN(S(=O)(=O)c2ccccc2CCl)C1. The molecule has 0 unspecified atom stereocenters. The molecule has 1 aliphatic rings. The van der Waals surface area contributed by atoms with Crippen molar-refractivity contribution in [3.05, 3.63) is 29.8 Å². The maximum Gasteiger partial charge on any atom is 0.243 e. The second kappa shape index (κ2) is 4.83. The number of hydrogen-bond acceptors (Lipinski definition) is 2. The molecule has 1 saturated heterocycles. The van der Waals surface area contributed by atoms with Gasteiger partial charge in [0.05, 0.1) is 4.90 Å². The molecule has 1 aliphatic heterocycles. The molecule has 2 rings (SSSR count). The van der Waals surface area contributed by atoms with Crippen molar-refractivity contribution in [1.29, 1.82) is 0 Å². The van der Waals surface area contributed by atoms with Crippen molar-refractivity contribution in [3.63, 3.8) is 0 Å². The molecule has 1 heterocycles. The predicted octanol–water partition coefficient (Wildman–Crippen LogP) is 2.85. The third kappa shape index (κ3) is 2.56. The molecule has 5 heteroatoms. The minimum Gasteiger partial charge on any atom is -0.207 e. The van der Waals surface area contributed by atoms with Crippen molar-refractivity contribution < 1.29 is 8.42 Å². The molecular formula is C13H18ClNO2S. The van der Waals surface area contributed by atoms with Crippen LogP contribution in [0.1, 0.15) is 25.8 Å². The summed E-state index contributed by atoms with van der Waals surface area (Å²) < 4.78 is 26.7. The minimum absolute atomic E-state index is 0.0585. The van der Waals surface area contributed by atoms with Crippen LogP contribution in [0.5, 0.6) is 0 Å². The second-order valence-corrected chi connectivity index (χ2v) is 7.67. The Labute approximate surface area is 114 Å². The van der Waals surface area contributed by atoms with Crippen LogP contribution in [-0.4, -0.2) is 25.8 Å². The van der Waals surface area contributed by atoms with Crippen molar-refractivity contribution >= 4 is 21.6 Å². The predicted molar refractivity (Wildman–Crippen MR) is 73.2 cm³/mol. The quantitative estimate of drug-likeness (QED) is 0.802. The standard InChI is InChI=1S/C13H18ClNO2S/c1-13(2)7-8-15(10-13)18(16,17)12-6-4-3-5-11(12)9-14/h3-6H,7-10H2,1-2H3. The van der Waals surface area contributed by atoms with Crippen molar-refractivity contribution in [2.45, 2.75) is 31.0 Å². The molecule has 0 bridgehead atoms. The van der Waals surface area contributed by atoms with Crippen molar-refractivity contribution in [2.75, 3.05) is 13.1 Å². The lowest BCUT2D eigenvalue weighted by atomic mass is 9.93. The van der Waals surface area contributed by atoms with Crippen LogP contribution in [0.15, 0.2) is 29.2 Å². The first-order valence-electron chi connectivity index (χ1n) is 6.01. The first-order chi connectivity index (χ1) is 8.37. The molecule has 0 N–H and O–H groups in total. The summed E-state index contributed by atoms with van der Waals surface area (Å²) in [6, 6.07) is 6.95. The fourth-order valence-corrected chi connectivity index (χ4v) is 4.44. The molecule has 1 aromatic carbocycles. The van der Waals surface area contributed by atoms with E-state index in [-0.39, 0.29) is 11.3 Å². The Morgan fingerprint density at radius 1 is 1.33 bits per heavy atom. The van der Waals surface area contributed by atoms with Crippen LogP contribution >= 0.6 is 11.6 Å². The van der Waals surface area contributed by atoms with Gasteiger partial charge in [0.1, 0.15) is 0 Å². The highest BCUT2D eigenvalue weighted by Crippen LogP contribution is 2.33. The zero-order chi connectivity index (χ0) is 13.4. The van der Waals surface area contributed by atoms with Gasteiger partial charge in [0.15, 0.2) is 0 Å². The van der Waals surface area contributed by atoms with Crippen LogP contribution in [0.25, 0.3) is 0 Å². The van der Waals surface area contributed by atoms with Crippen molar-refractivity contribution in [3.8, 4) is 0 Å². The van der Waals surface area contributed by atoms with Gasteiger partial charge in [-0.25, -0.2) is 8.42 Å². The third-order valence-electron chi connectivity index (χ3n) is 3.38. The molecule has 0 spiro atoms. The van der Waals surface area contributed by atoms with E-state index in [1.165, 1.54) is 0 Å². The summed E-state index contributed by atoms with van der Waals surface area (Å²) in [5.74, 6) is 0.215. The number of nitrogens with zero attached hydrogens (tertiary/aromatic N) is 1. The van der Waals surface area contributed by atoms with E-state index in [0.29, 0.717) is 23.5 Å². The molecule has 0 radical (unpaired) electrons. The Kier molecular flexibility index (Phi) is 3.72. The van der Waals surface area contributed by atoms with Gasteiger partial charge < -0.3 is 0 Å². The summed E-state index contributed by atoms with van der Waals surface area (Å²) >= 11 is 5.82. The van der Waals surface area contributed by atoms with Crippen LogP contribution in [0.2, 0.25) is 0 Å². The summed E-state index contributed by atoms with van der Waals surface area (Å²) in [5, 5.41) is 0. The van der Waals surface area contributed by atoms with Gasteiger partial charge in [-0.2, -0.15) is 4.31 Å². The number of hydrogen-bond donors (Lipinski definition) is 0. The summed E-state index contributed by atoms with van der Waals surface area (Å²) in [6.45, 7) is 5.35. The zero-order valence-corrected chi connectivity index (χ0v) is 12.3. The van der Waals surface area contributed by atoms with E-state index in [9.17, 15) is 8.42 Å². The fraction of sp³-hybridized carbons (Fsp3) is 0.538. The van der Waals surface area contributed by atoms with Gasteiger partial charge in [0.25, 0.3) is 0 Å². The monoisotopic (exact) mass is 287 g/mol. The first-order valence-corrected chi connectivity index (χ1v) is 7.98. The highest BCUT2D eigenvalue weighted by atomic mass is 35.5. The lowest BCUT2D eigenvalue weighted by Crippen LogP contribution is -2.31. The van der Waals surface area contributed by atoms with Crippen molar-refractivity contribution in [1.82, 2.24) is 4.31 Å². The first kappa shape index (κ1) is 13.8. The Balaban J connectivity index is 2.38. The summed E-state index contributed by atoms with van der Waals surface area (Å²) in [4.78, 5) is 0.345. The van der Waals surface area contributed by atoms with E-state index in [1.54, 1.807) is 22.5 Å². The average molecular weight is 288 g/mol. The Bertz CT molecular complexity index is 540. The lowest BCUT2D eigenvalue weighted by Gasteiger charge is -2.20. The van der Waals surface area contributed by atoms with E-state index >= 15 is 0 Å². The van der Waals surface area contributed by atoms with Crippen LogP contribution < -0.4 is 0 Å². The molecule has 0 aliphatic carbocycles.